The quantitative estimate of drug-likeness (QED) is 0.481. The van der Waals surface area contributed by atoms with Crippen LogP contribution in [0.25, 0.3) is 6.08 Å². The summed E-state index contributed by atoms with van der Waals surface area (Å²) in [7, 11) is 0. The molecule has 1 aliphatic heterocycles. The molecule has 1 aliphatic rings. The van der Waals surface area contributed by atoms with E-state index in [1.54, 1.807) is 12.2 Å². The largest absolute Gasteiger partial charge is 0.490 e. The summed E-state index contributed by atoms with van der Waals surface area (Å²) in [5.74, 6) is 0.673. The molecule has 0 N–H and O–H groups in total. The fourth-order valence-electron chi connectivity index (χ4n) is 1.89. The van der Waals surface area contributed by atoms with Crippen LogP contribution in [0, 0.1) is 0 Å². The third-order valence-electron chi connectivity index (χ3n) is 2.90. The summed E-state index contributed by atoms with van der Waals surface area (Å²) in [5.41, 5.74) is 1.15. The number of nitrogens with zero attached hydrogens (tertiary/aromatic N) is 1. The Morgan fingerprint density at radius 2 is 2.09 bits per heavy atom. The standard InChI is InChI=1S/C17H13NO3S/c1-2-9-20-13-7-5-12(6-8-13)11-14-17(19)21-16(18-14)15-4-3-10-22-15/h2-8,10-11H,1,9H2/b14-11-. The van der Waals surface area contributed by atoms with Crippen LogP contribution < -0.4 is 4.74 Å². The van der Waals surface area contributed by atoms with E-state index in [0.29, 0.717) is 18.2 Å². The molecule has 5 heteroatoms. The monoisotopic (exact) mass is 311 g/mol. The Labute approximate surface area is 132 Å². The van der Waals surface area contributed by atoms with Crippen molar-refractivity contribution in [1.29, 1.82) is 0 Å². The minimum absolute atomic E-state index is 0.295. The minimum Gasteiger partial charge on any atom is -0.490 e. The van der Waals surface area contributed by atoms with Crippen molar-refractivity contribution in [3.8, 4) is 5.75 Å². The lowest BCUT2D eigenvalue weighted by Gasteiger charge is -2.02. The number of cyclic esters (lactones) is 1. The van der Waals surface area contributed by atoms with Gasteiger partial charge in [-0.2, -0.15) is 0 Å². The zero-order chi connectivity index (χ0) is 15.4. The van der Waals surface area contributed by atoms with Gasteiger partial charge in [-0.1, -0.05) is 30.9 Å². The number of ether oxygens (including phenoxy) is 2. The molecular formula is C17H13NO3S. The third-order valence-corrected chi connectivity index (χ3v) is 3.76. The molecule has 0 spiro atoms. The van der Waals surface area contributed by atoms with Crippen LogP contribution in [0.15, 0.2) is 65.1 Å². The van der Waals surface area contributed by atoms with E-state index in [1.165, 1.54) is 11.3 Å². The van der Waals surface area contributed by atoms with Crippen molar-refractivity contribution < 1.29 is 14.3 Å². The van der Waals surface area contributed by atoms with Crippen LogP contribution >= 0.6 is 11.3 Å². The highest BCUT2D eigenvalue weighted by atomic mass is 32.1. The summed E-state index contributed by atoms with van der Waals surface area (Å²) in [4.78, 5) is 16.9. The number of hydrogen-bond acceptors (Lipinski definition) is 5. The summed E-state index contributed by atoms with van der Waals surface area (Å²) < 4.78 is 10.6. The maximum atomic E-state index is 11.9. The van der Waals surface area contributed by atoms with Crippen LogP contribution in [0.1, 0.15) is 10.4 Å². The molecule has 3 rings (SSSR count). The van der Waals surface area contributed by atoms with Gasteiger partial charge in [0.05, 0.1) is 4.88 Å². The molecule has 2 aromatic rings. The van der Waals surface area contributed by atoms with Crippen LogP contribution in [0.3, 0.4) is 0 Å². The van der Waals surface area contributed by atoms with Gasteiger partial charge in [-0.05, 0) is 35.2 Å². The van der Waals surface area contributed by atoms with Crippen molar-refractivity contribution in [3.63, 3.8) is 0 Å². The Morgan fingerprint density at radius 1 is 1.27 bits per heavy atom. The zero-order valence-corrected chi connectivity index (χ0v) is 12.5. The van der Waals surface area contributed by atoms with E-state index in [2.05, 4.69) is 11.6 Å². The highest BCUT2D eigenvalue weighted by molar-refractivity contribution is 7.12. The fourth-order valence-corrected chi connectivity index (χ4v) is 2.54. The second-order valence-electron chi connectivity index (χ2n) is 4.48. The molecule has 22 heavy (non-hydrogen) atoms. The van der Waals surface area contributed by atoms with Gasteiger partial charge in [-0.15, -0.1) is 11.3 Å². The summed E-state index contributed by atoms with van der Waals surface area (Å²) in [6, 6.07) is 11.1. The van der Waals surface area contributed by atoms with Crippen molar-refractivity contribution in [1.82, 2.24) is 0 Å². The molecule has 0 saturated carbocycles. The van der Waals surface area contributed by atoms with E-state index < -0.39 is 5.97 Å². The minimum atomic E-state index is -0.435. The Bertz CT molecular complexity index is 743. The topological polar surface area (TPSA) is 47.9 Å². The molecule has 110 valence electrons. The molecule has 0 saturated heterocycles. The molecule has 0 radical (unpaired) electrons. The smallest absolute Gasteiger partial charge is 0.363 e. The van der Waals surface area contributed by atoms with Crippen LogP contribution in [0.5, 0.6) is 5.75 Å². The molecule has 1 aromatic heterocycles. The fraction of sp³-hybridized carbons (Fsp3) is 0.0588. The first-order valence-corrected chi connectivity index (χ1v) is 7.54. The Kier molecular flexibility index (Phi) is 4.16. The van der Waals surface area contributed by atoms with Gasteiger partial charge in [0.15, 0.2) is 5.70 Å². The molecule has 2 heterocycles. The molecule has 0 bridgehead atoms. The van der Waals surface area contributed by atoms with Gasteiger partial charge in [0.1, 0.15) is 12.4 Å². The number of thiophene rings is 1. The summed E-state index contributed by atoms with van der Waals surface area (Å²) in [5, 5.41) is 1.91. The van der Waals surface area contributed by atoms with Crippen molar-refractivity contribution >= 4 is 29.3 Å². The Balaban J connectivity index is 1.79. The van der Waals surface area contributed by atoms with Gasteiger partial charge in [0.25, 0.3) is 0 Å². The number of carbonyl (C=O) groups excluding carboxylic acids is 1. The summed E-state index contributed by atoms with van der Waals surface area (Å²) in [6.45, 7) is 4.06. The van der Waals surface area contributed by atoms with Gasteiger partial charge >= 0.3 is 5.97 Å². The van der Waals surface area contributed by atoms with Crippen LogP contribution in [0.2, 0.25) is 0 Å². The number of aliphatic imine (C=N–C) groups is 1. The van der Waals surface area contributed by atoms with Crippen molar-refractivity contribution in [2.75, 3.05) is 6.61 Å². The van der Waals surface area contributed by atoms with Gasteiger partial charge in [-0.25, -0.2) is 9.79 Å². The van der Waals surface area contributed by atoms with Crippen LogP contribution in [0.4, 0.5) is 0 Å². The third kappa shape index (κ3) is 3.15. The first-order valence-electron chi connectivity index (χ1n) is 6.66. The van der Waals surface area contributed by atoms with E-state index in [0.717, 1.165) is 16.2 Å². The highest BCUT2D eigenvalue weighted by Crippen LogP contribution is 2.22. The van der Waals surface area contributed by atoms with Crippen molar-refractivity contribution in [2.45, 2.75) is 0 Å². The zero-order valence-electron chi connectivity index (χ0n) is 11.7. The van der Waals surface area contributed by atoms with Gasteiger partial charge in [0, 0.05) is 0 Å². The average Bonchev–Trinajstić information content (AvgIpc) is 3.17. The number of esters is 1. The number of hydrogen-bond donors (Lipinski definition) is 0. The SMILES string of the molecule is C=CCOc1ccc(/C=C2\N=C(c3cccs3)OC2=O)cc1. The average molecular weight is 311 g/mol. The predicted molar refractivity (Wildman–Crippen MR) is 87.1 cm³/mol. The van der Waals surface area contributed by atoms with Gasteiger partial charge < -0.3 is 9.47 Å². The molecule has 0 unspecified atom stereocenters. The molecule has 0 amide bonds. The lowest BCUT2D eigenvalue weighted by molar-refractivity contribution is -0.129. The molecule has 4 nitrogen and oxygen atoms in total. The van der Waals surface area contributed by atoms with Crippen LogP contribution in [-0.4, -0.2) is 18.5 Å². The Hall–Kier alpha value is -2.66. The molecule has 1 aromatic carbocycles. The second kappa shape index (κ2) is 6.41. The summed E-state index contributed by atoms with van der Waals surface area (Å²) >= 11 is 1.48. The van der Waals surface area contributed by atoms with Crippen molar-refractivity contribution in [3.05, 3.63) is 70.6 Å². The molecule has 0 aliphatic carbocycles. The lowest BCUT2D eigenvalue weighted by atomic mass is 10.2. The lowest BCUT2D eigenvalue weighted by Crippen LogP contribution is -2.03. The van der Waals surface area contributed by atoms with Gasteiger partial charge in [0.2, 0.25) is 5.90 Å². The molecule has 0 atom stereocenters. The summed E-state index contributed by atoms with van der Waals surface area (Å²) in [6.07, 6.45) is 3.38. The second-order valence-corrected chi connectivity index (χ2v) is 5.43. The number of rotatable bonds is 5. The van der Waals surface area contributed by atoms with E-state index in [-0.39, 0.29) is 0 Å². The van der Waals surface area contributed by atoms with Gasteiger partial charge in [-0.3, -0.25) is 0 Å². The van der Waals surface area contributed by atoms with Crippen LogP contribution in [-0.2, 0) is 9.53 Å². The van der Waals surface area contributed by atoms with E-state index >= 15 is 0 Å². The maximum Gasteiger partial charge on any atom is 0.363 e. The first-order chi connectivity index (χ1) is 10.8. The van der Waals surface area contributed by atoms with E-state index in [4.69, 9.17) is 9.47 Å². The normalized spacial score (nSPS) is 15.5. The maximum absolute atomic E-state index is 11.9. The molecular weight excluding hydrogens is 298 g/mol. The Morgan fingerprint density at radius 3 is 2.77 bits per heavy atom. The van der Waals surface area contributed by atoms with Crippen molar-refractivity contribution in [2.24, 2.45) is 4.99 Å². The number of carbonyl (C=O) groups is 1. The predicted octanol–water partition coefficient (Wildman–Crippen LogP) is 3.66. The highest BCUT2D eigenvalue weighted by Gasteiger charge is 2.24. The number of benzene rings is 1. The van der Waals surface area contributed by atoms with E-state index in [1.807, 2.05) is 41.8 Å². The molecule has 0 fully saturated rings. The van der Waals surface area contributed by atoms with E-state index in [9.17, 15) is 4.79 Å². The first kappa shape index (κ1) is 14.3.